The van der Waals surface area contributed by atoms with Gasteiger partial charge in [-0.3, -0.25) is 0 Å². The van der Waals surface area contributed by atoms with Crippen molar-refractivity contribution in [2.24, 2.45) is 0 Å². The van der Waals surface area contributed by atoms with E-state index in [-0.39, 0.29) is 5.15 Å². The molecule has 0 saturated carbocycles. The molecule has 0 bridgehead atoms. The molecule has 0 aliphatic rings. The second-order valence-electron chi connectivity index (χ2n) is 4.43. The van der Waals surface area contributed by atoms with E-state index in [1.807, 2.05) is 13.0 Å². The summed E-state index contributed by atoms with van der Waals surface area (Å²) in [6, 6.07) is 1.38. The molecule has 0 unspecified atom stereocenters. The Bertz CT molecular complexity index is 544. The Morgan fingerprint density at radius 1 is 1.47 bits per heavy atom. The zero-order valence-electron chi connectivity index (χ0n) is 11.7. The summed E-state index contributed by atoms with van der Waals surface area (Å²) in [6.45, 7) is 13.9. The lowest BCUT2D eigenvalue weighted by Gasteiger charge is -2.15. The zero-order chi connectivity index (χ0) is 14.6. The van der Waals surface area contributed by atoms with Crippen molar-refractivity contribution < 1.29 is 4.39 Å². The molecule has 0 N–H and O–H groups in total. The van der Waals surface area contributed by atoms with E-state index >= 15 is 0 Å². The first-order chi connectivity index (χ1) is 8.92. The molecule has 0 spiro atoms. The van der Waals surface area contributed by atoms with Gasteiger partial charge in [0.2, 0.25) is 0 Å². The summed E-state index contributed by atoms with van der Waals surface area (Å²) in [5, 5.41) is -0.108. The van der Waals surface area contributed by atoms with Crippen molar-refractivity contribution in [3.63, 3.8) is 0 Å². The number of hydrogen-bond donors (Lipinski definition) is 0. The number of aryl methyl sites for hydroxylation is 1. The number of allylic oxidation sites excluding steroid dienone is 4. The first-order valence-corrected chi connectivity index (χ1v) is 6.66. The third kappa shape index (κ3) is 3.54. The zero-order valence-corrected chi connectivity index (χ0v) is 12.4. The monoisotopic (exact) mass is 279 g/mol. The summed E-state index contributed by atoms with van der Waals surface area (Å²) in [7, 11) is 0. The fourth-order valence-corrected chi connectivity index (χ4v) is 2.21. The molecule has 3 heteroatoms. The van der Waals surface area contributed by atoms with Crippen molar-refractivity contribution >= 4 is 17.2 Å². The number of halogens is 2. The van der Waals surface area contributed by atoms with E-state index in [0.29, 0.717) is 11.3 Å². The van der Waals surface area contributed by atoms with Crippen molar-refractivity contribution in [2.45, 2.75) is 33.6 Å². The van der Waals surface area contributed by atoms with Gasteiger partial charge >= 0.3 is 0 Å². The standard InChI is InChI=1S/C16H19ClFN/c1-6-8-10(3)13(7-2)11(4)14-9-15(18)16(17)19-12(14)5/h7,9H,3-4,6,8H2,1-2,5H3/b13-7-. The predicted molar refractivity (Wildman–Crippen MR) is 80.8 cm³/mol. The van der Waals surface area contributed by atoms with Crippen molar-refractivity contribution in [3.8, 4) is 0 Å². The van der Waals surface area contributed by atoms with Gasteiger partial charge in [-0.15, -0.1) is 0 Å². The van der Waals surface area contributed by atoms with Gasteiger partial charge in [0.15, 0.2) is 11.0 Å². The molecule has 0 amide bonds. The van der Waals surface area contributed by atoms with Crippen LogP contribution in [0.15, 0.2) is 36.4 Å². The third-order valence-electron chi connectivity index (χ3n) is 3.00. The van der Waals surface area contributed by atoms with Gasteiger partial charge in [0.25, 0.3) is 0 Å². The van der Waals surface area contributed by atoms with Crippen LogP contribution < -0.4 is 0 Å². The lowest BCUT2D eigenvalue weighted by Crippen LogP contribution is -1.99. The third-order valence-corrected chi connectivity index (χ3v) is 3.26. The summed E-state index contributed by atoms with van der Waals surface area (Å²) in [6.07, 6.45) is 3.85. The van der Waals surface area contributed by atoms with Gasteiger partial charge in [-0.2, -0.15) is 0 Å². The molecule has 1 aromatic heterocycles. The number of nitrogens with zero attached hydrogens (tertiary/aromatic N) is 1. The summed E-state index contributed by atoms with van der Waals surface area (Å²) >= 11 is 5.67. The molecular formula is C16H19ClFN. The highest BCUT2D eigenvalue weighted by Crippen LogP contribution is 2.31. The van der Waals surface area contributed by atoms with E-state index in [0.717, 1.165) is 29.6 Å². The molecule has 0 saturated heterocycles. The van der Waals surface area contributed by atoms with E-state index in [4.69, 9.17) is 11.6 Å². The molecular weight excluding hydrogens is 261 g/mol. The smallest absolute Gasteiger partial charge is 0.165 e. The summed E-state index contributed by atoms with van der Waals surface area (Å²) < 4.78 is 13.6. The summed E-state index contributed by atoms with van der Waals surface area (Å²) in [4.78, 5) is 3.99. The molecule has 1 nitrogen and oxygen atoms in total. The Kier molecular flexibility index (Phi) is 5.49. The molecule has 19 heavy (non-hydrogen) atoms. The Hall–Kier alpha value is -1.41. The van der Waals surface area contributed by atoms with Gasteiger partial charge in [0.05, 0.1) is 0 Å². The number of pyridine rings is 1. The Balaban J connectivity index is 3.19. The van der Waals surface area contributed by atoms with Crippen molar-refractivity contribution in [2.75, 3.05) is 0 Å². The minimum absolute atomic E-state index is 0.108. The maximum absolute atomic E-state index is 13.6. The molecule has 0 fully saturated rings. The van der Waals surface area contributed by atoms with E-state index in [9.17, 15) is 4.39 Å². The highest BCUT2D eigenvalue weighted by molar-refractivity contribution is 6.29. The van der Waals surface area contributed by atoms with Crippen LogP contribution in [0.1, 0.15) is 37.9 Å². The SMILES string of the molecule is C=C(CCC)/C(=C/C)C(=C)c1cc(F)c(Cl)nc1C. The fourth-order valence-electron chi connectivity index (χ4n) is 2.03. The predicted octanol–water partition coefficient (Wildman–Crippen LogP) is 5.50. The van der Waals surface area contributed by atoms with Gasteiger partial charge in [0.1, 0.15) is 0 Å². The highest BCUT2D eigenvalue weighted by Gasteiger charge is 2.14. The second-order valence-corrected chi connectivity index (χ2v) is 4.79. The molecule has 1 aromatic rings. The highest BCUT2D eigenvalue weighted by atomic mass is 35.5. The average Bonchev–Trinajstić information content (AvgIpc) is 2.34. The largest absolute Gasteiger partial charge is 0.238 e. The van der Waals surface area contributed by atoms with Gasteiger partial charge in [0, 0.05) is 11.3 Å². The molecule has 0 atom stereocenters. The Morgan fingerprint density at radius 2 is 2.11 bits per heavy atom. The van der Waals surface area contributed by atoms with Crippen LogP contribution in [-0.2, 0) is 0 Å². The maximum Gasteiger partial charge on any atom is 0.165 e. The maximum atomic E-state index is 13.6. The van der Waals surface area contributed by atoms with Gasteiger partial charge in [-0.05, 0) is 43.1 Å². The topological polar surface area (TPSA) is 12.9 Å². The van der Waals surface area contributed by atoms with E-state index in [2.05, 4.69) is 25.1 Å². The molecule has 1 rings (SSSR count). The van der Waals surface area contributed by atoms with Gasteiger partial charge in [-0.25, -0.2) is 9.37 Å². The summed E-state index contributed by atoms with van der Waals surface area (Å²) in [5.41, 5.74) is 4.03. The molecule has 0 aliphatic heterocycles. The minimum Gasteiger partial charge on any atom is -0.238 e. The van der Waals surface area contributed by atoms with Crippen molar-refractivity contribution in [1.29, 1.82) is 0 Å². The molecule has 0 aromatic carbocycles. The Morgan fingerprint density at radius 3 is 2.63 bits per heavy atom. The molecule has 102 valence electrons. The normalized spacial score (nSPS) is 11.5. The lowest BCUT2D eigenvalue weighted by atomic mass is 9.91. The summed E-state index contributed by atoms with van der Waals surface area (Å²) in [5.74, 6) is -0.528. The number of rotatable bonds is 5. The van der Waals surface area contributed by atoms with Crippen LogP contribution >= 0.6 is 11.6 Å². The molecule has 1 heterocycles. The molecule has 0 radical (unpaired) electrons. The van der Waals surface area contributed by atoms with Crippen LogP contribution in [-0.4, -0.2) is 4.98 Å². The van der Waals surface area contributed by atoms with E-state index < -0.39 is 5.82 Å². The van der Waals surface area contributed by atoms with Crippen LogP contribution in [0.5, 0.6) is 0 Å². The van der Waals surface area contributed by atoms with E-state index in [1.165, 1.54) is 6.07 Å². The lowest BCUT2D eigenvalue weighted by molar-refractivity contribution is 0.620. The van der Waals surface area contributed by atoms with Crippen molar-refractivity contribution in [3.05, 3.63) is 58.7 Å². The molecule has 0 aliphatic carbocycles. The van der Waals surface area contributed by atoms with Crippen molar-refractivity contribution in [1.82, 2.24) is 4.98 Å². The number of aromatic nitrogens is 1. The van der Waals surface area contributed by atoms with E-state index in [1.54, 1.807) is 6.92 Å². The van der Waals surface area contributed by atoms with Gasteiger partial charge in [-0.1, -0.05) is 44.2 Å². The Labute approximate surface area is 119 Å². The first kappa shape index (κ1) is 15.6. The number of hydrogen-bond acceptors (Lipinski definition) is 1. The van der Waals surface area contributed by atoms with Crippen LogP contribution in [0.25, 0.3) is 5.57 Å². The fraction of sp³-hybridized carbons (Fsp3) is 0.312. The quantitative estimate of drug-likeness (QED) is 0.512. The van der Waals surface area contributed by atoms with Crippen LogP contribution in [0.3, 0.4) is 0 Å². The van der Waals surface area contributed by atoms with Crippen LogP contribution in [0, 0.1) is 12.7 Å². The van der Waals surface area contributed by atoms with Gasteiger partial charge < -0.3 is 0 Å². The van der Waals surface area contributed by atoms with Crippen LogP contribution in [0.4, 0.5) is 4.39 Å². The second kappa shape index (κ2) is 6.67. The average molecular weight is 280 g/mol. The van der Waals surface area contributed by atoms with Crippen LogP contribution in [0.2, 0.25) is 5.15 Å². The first-order valence-electron chi connectivity index (χ1n) is 6.29. The minimum atomic E-state index is -0.528.